The second-order valence-corrected chi connectivity index (χ2v) is 7.71. The third-order valence-electron chi connectivity index (χ3n) is 4.66. The number of carbonyl (C=O) groups excluding carboxylic acids is 3. The number of amides is 3. The number of primary amides is 1. The van der Waals surface area contributed by atoms with Crippen molar-refractivity contribution in [2.75, 3.05) is 19.8 Å². The van der Waals surface area contributed by atoms with Gasteiger partial charge in [0.2, 0.25) is 11.8 Å². The minimum absolute atomic E-state index is 0.168. The summed E-state index contributed by atoms with van der Waals surface area (Å²) in [5.74, 6) is -0.455. The summed E-state index contributed by atoms with van der Waals surface area (Å²) in [7, 11) is 0. The first-order valence-corrected chi connectivity index (χ1v) is 10.0. The smallest absolute Gasteiger partial charge is 0.410 e. The van der Waals surface area contributed by atoms with Crippen molar-refractivity contribution in [2.45, 2.75) is 51.8 Å². The van der Waals surface area contributed by atoms with Crippen molar-refractivity contribution < 1.29 is 23.9 Å². The topological polar surface area (TPSA) is 111 Å². The van der Waals surface area contributed by atoms with Gasteiger partial charge in [0.15, 0.2) is 0 Å². The summed E-state index contributed by atoms with van der Waals surface area (Å²) in [5, 5.41) is 2.96. The molecule has 1 heterocycles. The Morgan fingerprint density at radius 3 is 2.62 bits per heavy atom. The average Bonchev–Trinajstić information content (AvgIpc) is 3.16. The van der Waals surface area contributed by atoms with Gasteiger partial charge in [0.05, 0.1) is 12.6 Å². The van der Waals surface area contributed by atoms with Crippen LogP contribution < -0.4 is 11.1 Å². The van der Waals surface area contributed by atoms with Crippen molar-refractivity contribution in [1.29, 1.82) is 0 Å². The number of rotatable bonds is 10. The third-order valence-corrected chi connectivity index (χ3v) is 4.66. The van der Waals surface area contributed by atoms with Gasteiger partial charge in [0.25, 0.3) is 0 Å². The van der Waals surface area contributed by atoms with Gasteiger partial charge in [-0.15, -0.1) is 0 Å². The number of ether oxygens (including phenoxy) is 2. The largest absolute Gasteiger partial charge is 0.445 e. The summed E-state index contributed by atoms with van der Waals surface area (Å²) in [5.41, 5.74) is 5.99. The molecule has 29 heavy (non-hydrogen) atoms. The fourth-order valence-corrected chi connectivity index (χ4v) is 3.40. The number of likely N-dealkylation sites (tertiary alicyclic amines) is 1. The predicted molar refractivity (Wildman–Crippen MR) is 108 cm³/mol. The van der Waals surface area contributed by atoms with Crippen LogP contribution in [0.1, 0.15) is 38.7 Å². The Labute approximate surface area is 171 Å². The number of benzene rings is 1. The van der Waals surface area contributed by atoms with E-state index in [2.05, 4.69) is 5.32 Å². The third kappa shape index (κ3) is 7.73. The first-order valence-electron chi connectivity index (χ1n) is 10.0. The molecule has 1 aliphatic heterocycles. The van der Waals surface area contributed by atoms with E-state index in [9.17, 15) is 14.4 Å². The van der Waals surface area contributed by atoms with Crippen LogP contribution in [0.2, 0.25) is 0 Å². The van der Waals surface area contributed by atoms with Crippen LogP contribution in [0.4, 0.5) is 4.79 Å². The second-order valence-electron chi connectivity index (χ2n) is 7.71. The highest BCUT2D eigenvalue weighted by atomic mass is 16.6. The van der Waals surface area contributed by atoms with Crippen molar-refractivity contribution in [3.63, 3.8) is 0 Å². The van der Waals surface area contributed by atoms with E-state index in [1.807, 2.05) is 44.2 Å². The predicted octanol–water partition coefficient (Wildman–Crippen LogP) is 1.82. The molecule has 160 valence electrons. The van der Waals surface area contributed by atoms with Crippen LogP contribution in [0.3, 0.4) is 0 Å². The highest BCUT2D eigenvalue weighted by Crippen LogP contribution is 2.20. The lowest BCUT2D eigenvalue weighted by atomic mass is 10.0. The Hall–Kier alpha value is -2.61. The molecule has 1 saturated heterocycles. The molecule has 0 saturated carbocycles. The van der Waals surface area contributed by atoms with Gasteiger partial charge in [-0.1, -0.05) is 44.2 Å². The Bertz CT molecular complexity index is 680. The normalized spacial score (nSPS) is 17.2. The molecule has 0 aliphatic carbocycles. The minimum atomic E-state index is -0.566. The van der Waals surface area contributed by atoms with E-state index in [1.54, 1.807) is 0 Å². The van der Waals surface area contributed by atoms with Gasteiger partial charge >= 0.3 is 6.09 Å². The van der Waals surface area contributed by atoms with Crippen LogP contribution in [0.5, 0.6) is 0 Å². The summed E-state index contributed by atoms with van der Waals surface area (Å²) in [4.78, 5) is 37.7. The van der Waals surface area contributed by atoms with Gasteiger partial charge in [-0.25, -0.2) is 4.79 Å². The van der Waals surface area contributed by atoms with Crippen molar-refractivity contribution in [2.24, 2.45) is 11.7 Å². The Balaban J connectivity index is 1.90. The summed E-state index contributed by atoms with van der Waals surface area (Å²) >= 11 is 0. The number of nitrogens with zero attached hydrogens (tertiary/aromatic N) is 1. The Kier molecular flexibility index (Phi) is 8.92. The van der Waals surface area contributed by atoms with E-state index in [-0.39, 0.29) is 31.8 Å². The molecule has 8 nitrogen and oxygen atoms in total. The van der Waals surface area contributed by atoms with E-state index in [4.69, 9.17) is 15.2 Å². The van der Waals surface area contributed by atoms with Crippen LogP contribution >= 0.6 is 0 Å². The summed E-state index contributed by atoms with van der Waals surface area (Å²) in [6.07, 6.45) is 1.53. The summed E-state index contributed by atoms with van der Waals surface area (Å²) in [6, 6.07) is 8.59. The van der Waals surface area contributed by atoms with Gasteiger partial charge < -0.3 is 20.5 Å². The van der Waals surface area contributed by atoms with Crippen LogP contribution in [0, 0.1) is 5.92 Å². The minimum Gasteiger partial charge on any atom is -0.445 e. The molecule has 2 rings (SSSR count). The zero-order chi connectivity index (χ0) is 21.2. The maximum Gasteiger partial charge on any atom is 0.410 e. The number of nitrogens with two attached hydrogens (primary N) is 1. The van der Waals surface area contributed by atoms with Gasteiger partial charge in [0, 0.05) is 6.54 Å². The summed E-state index contributed by atoms with van der Waals surface area (Å²) < 4.78 is 10.7. The molecular weight excluding hydrogens is 374 g/mol. The van der Waals surface area contributed by atoms with Crippen LogP contribution in [0.15, 0.2) is 30.3 Å². The molecule has 8 heteroatoms. The Morgan fingerprint density at radius 2 is 1.97 bits per heavy atom. The van der Waals surface area contributed by atoms with Crippen LogP contribution in [-0.4, -0.2) is 54.6 Å². The fraction of sp³-hybridized carbons (Fsp3) is 0.571. The van der Waals surface area contributed by atoms with Gasteiger partial charge in [-0.3, -0.25) is 14.5 Å². The molecule has 3 N–H and O–H groups in total. The molecule has 3 amide bonds. The molecule has 0 radical (unpaired) electrons. The molecule has 1 fully saturated rings. The number of carbonyl (C=O) groups is 3. The van der Waals surface area contributed by atoms with Crippen LogP contribution in [0.25, 0.3) is 0 Å². The molecular formula is C21H31N3O5. The fourth-order valence-electron chi connectivity index (χ4n) is 3.40. The van der Waals surface area contributed by atoms with Crippen molar-refractivity contribution >= 4 is 17.9 Å². The maximum atomic E-state index is 12.8. The molecule has 1 aromatic carbocycles. The maximum absolute atomic E-state index is 12.8. The van der Waals surface area contributed by atoms with E-state index in [1.165, 1.54) is 4.90 Å². The van der Waals surface area contributed by atoms with E-state index < -0.39 is 18.0 Å². The van der Waals surface area contributed by atoms with E-state index in [0.717, 1.165) is 12.0 Å². The van der Waals surface area contributed by atoms with Crippen LogP contribution in [-0.2, 0) is 25.7 Å². The van der Waals surface area contributed by atoms with Crippen molar-refractivity contribution in [3.8, 4) is 0 Å². The van der Waals surface area contributed by atoms with Gasteiger partial charge in [0.1, 0.15) is 19.3 Å². The van der Waals surface area contributed by atoms with E-state index >= 15 is 0 Å². The van der Waals surface area contributed by atoms with Gasteiger partial charge in [-0.2, -0.15) is 0 Å². The molecule has 0 unspecified atom stereocenters. The molecule has 1 aromatic rings. The molecule has 0 bridgehead atoms. The van der Waals surface area contributed by atoms with Crippen molar-refractivity contribution in [1.82, 2.24) is 10.2 Å². The van der Waals surface area contributed by atoms with Crippen molar-refractivity contribution in [3.05, 3.63) is 35.9 Å². The zero-order valence-electron chi connectivity index (χ0n) is 17.1. The first kappa shape index (κ1) is 22.7. The van der Waals surface area contributed by atoms with E-state index in [0.29, 0.717) is 25.3 Å². The molecule has 0 spiro atoms. The monoisotopic (exact) mass is 405 g/mol. The number of hydrogen-bond acceptors (Lipinski definition) is 5. The quantitative estimate of drug-likeness (QED) is 0.617. The Morgan fingerprint density at radius 1 is 1.24 bits per heavy atom. The lowest BCUT2D eigenvalue weighted by Crippen LogP contribution is -2.50. The highest BCUT2D eigenvalue weighted by molar-refractivity contribution is 5.86. The standard InChI is InChI=1S/C21H31N3O5/c1-15(2)11-17(13-28-14-19(22)25)23-20(26)18-9-6-10-24(18)21(27)29-12-16-7-4-3-5-8-16/h3-5,7-8,15,17-18H,6,9-14H2,1-2H3,(H2,22,25)(H,23,26)/t17-,18+/m0/s1. The SMILES string of the molecule is CC(C)C[C@@H](COCC(N)=O)NC(=O)[C@H]1CCCN1C(=O)OCc1ccccc1. The first-order chi connectivity index (χ1) is 13.9. The zero-order valence-corrected chi connectivity index (χ0v) is 17.1. The number of nitrogens with one attached hydrogen (secondary N) is 1. The summed E-state index contributed by atoms with van der Waals surface area (Å²) in [6.45, 7) is 4.73. The molecule has 2 atom stereocenters. The lowest BCUT2D eigenvalue weighted by molar-refractivity contribution is -0.126. The molecule has 0 aromatic heterocycles. The lowest BCUT2D eigenvalue weighted by Gasteiger charge is -2.27. The average molecular weight is 405 g/mol. The highest BCUT2D eigenvalue weighted by Gasteiger charge is 2.36. The molecule has 1 aliphatic rings. The second kappa shape index (κ2) is 11.4. The number of hydrogen-bond donors (Lipinski definition) is 2. The van der Waals surface area contributed by atoms with Gasteiger partial charge in [-0.05, 0) is 30.7 Å².